The van der Waals surface area contributed by atoms with Crippen molar-refractivity contribution in [1.29, 1.82) is 0 Å². The SMILES string of the molecule is Cc1nc(CNC(C)c2ccc(Cl)c(F)c2)cs1. The number of aryl methyl sites for hydroxylation is 1. The minimum atomic E-state index is -0.382. The summed E-state index contributed by atoms with van der Waals surface area (Å²) in [5.41, 5.74) is 1.89. The highest BCUT2D eigenvalue weighted by Crippen LogP contribution is 2.20. The van der Waals surface area contributed by atoms with Gasteiger partial charge in [-0.15, -0.1) is 11.3 Å². The first kappa shape index (κ1) is 13.5. The molecule has 0 aliphatic heterocycles. The third-order valence-corrected chi connectivity index (χ3v) is 3.83. The van der Waals surface area contributed by atoms with Gasteiger partial charge in [0.15, 0.2) is 0 Å². The Morgan fingerprint density at radius 3 is 2.89 bits per heavy atom. The van der Waals surface area contributed by atoms with E-state index in [-0.39, 0.29) is 16.9 Å². The van der Waals surface area contributed by atoms with E-state index in [4.69, 9.17) is 11.6 Å². The summed E-state index contributed by atoms with van der Waals surface area (Å²) in [6.07, 6.45) is 0. The summed E-state index contributed by atoms with van der Waals surface area (Å²) < 4.78 is 13.3. The van der Waals surface area contributed by atoms with Crippen LogP contribution in [0.4, 0.5) is 4.39 Å². The quantitative estimate of drug-likeness (QED) is 0.914. The van der Waals surface area contributed by atoms with E-state index in [1.165, 1.54) is 6.07 Å². The van der Waals surface area contributed by atoms with Crippen molar-refractivity contribution in [2.45, 2.75) is 26.4 Å². The Hall–Kier alpha value is -0.970. The lowest BCUT2D eigenvalue weighted by molar-refractivity contribution is 0.560. The summed E-state index contributed by atoms with van der Waals surface area (Å²) in [4.78, 5) is 4.37. The molecule has 2 rings (SSSR count). The van der Waals surface area contributed by atoms with Crippen LogP contribution >= 0.6 is 22.9 Å². The highest BCUT2D eigenvalue weighted by Gasteiger charge is 2.08. The highest BCUT2D eigenvalue weighted by atomic mass is 35.5. The van der Waals surface area contributed by atoms with Gasteiger partial charge in [-0.3, -0.25) is 0 Å². The lowest BCUT2D eigenvalue weighted by Crippen LogP contribution is -2.18. The van der Waals surface area contributed by atoms with E-state index >= 15 is 0 Å². The van der Waals surface area contributed by atoms with Gasteiger partial charge < -0.3 is 5.32 Å². The topological polar surface area (TPSA) is 24.9 Å². The summed E-state index contributed by atoms with van der Waals surface area (Å²) in [5, 5.41) is 6.54. The zero-order valence-electron chi connectivity index (χ0n) is 10.2. The van der Waals surface area contributed by atoms with Crippen LogP contribution in [-0.4, -0.2) is 4.98 Å². The van der Waals surface area contributed by atoms with Crippen molar-refractivity contribution >= 4 is 22.9 Å². The monoisotopic (exact) mass is 284 g/mol. The van der Waals surface area contributed by atoms with Crippen LogP contribution in [0.5, 0.6) is 0 Å². The Morgan fingerprint density at radius 1 is 1.50 bits per heavy atom. The smallest absolute Gasteiger partial charge is 0.142 e. The van der Waals surface area contributed by atoms with Gasteiger partial charge in [0.25, 0.3) is 0 Å². The largest absolute Gasteiger partial charge is 0.305 e. The molecule has 18 heavy (non-hydrogen) atoms. The zero-order valence-corrected chi connectivity index (χ0v) is 11.8. The number of nitrogens with zero attached hydrogens (tertiary/aromatic N) is 1. The Kier molecular flexibility index (Phi) is 4.32. The first-order valence-corrected chi connectivity index (χ1v) is 6.91. The van der Waals surface area contributed by atoms with Crippen LogP contribution in [0.2, 0.25) is 5.02 Å². The van der Waals surface area contributed by atoms with Crippen molar-refractivity contribution in [2.24, 2.45) is 0 Å². The molecular weight excluding hydrogens is 271 g/mol. The maximum Gasteiger partial charge on any atom is 0.142 e. The Morgan fingerprint density at radius 2 is 2.28 bits per heavy atom. The molecule has 0 aliphatic rings. The molecule has 0 spiro atoms. The van der Waals surface area contributed by atoms with E-state index < -0.39 is 0 Å². The molecular formula is C13H14ClFN2S. The molecule has 0 aliphatic carbocycles. The number of nitrogens with one attached hydrogen (secondary N) is 1. The van der Waals surface area contributed by atoms with Gasteiger partial charge in [-0.1, -0.05) is 17.7 Å². The van der Waals surface area contributed by atoms with Gasteiger partial charge in [0.1, 0.15) is 5.82 Å². The second kappa shape index (κ2) is 5.78. The maximum atomic E-state index is 13.3. The number of thiazole rings is 1. The van der Waals surface area contributed by atoms with Crippen molar-refractivity contribution in [3.8, 4) is 0 Å². The minimum Gasteiger partial charge on any atom is -0.305 e. The fraction of sp³-hybridized carbons (Fsp3) is 0.308. The lowest BCUT2D eigenvalue weighted by atomic mass is 10.1. The predicted octanol–water partition coefficient (Wildman–Crippen LogP) is 4.09. The van der Waals surface area contributed by atoms with Gasteiger partial charge in [-0.2, -0.15) is 0 Å². The van der Waals surface area contributed by atoms with Crippen LogP contribution in [0.3, 0.4) is 0 Å². The normalized spacial score (nSPS) is 12.7. The van der Waals surface area contributed by atoms with Gasteiger partial charge in [0.05, 0.1) is 15.7 Å². The van der Waals surface area contributed by atoms with Crippen molar-refractivity contribution in [3.63, 3.8) is 0 Å². The Bertz CT molecular complexity index is 542. The molecule has 96 valence electrons. The Balaban J connectivity index is 1.99. The molecule has 2 nitrogen and oxygen atoms in total. The van der Waals surface area contributed by atoms with Gasteiger partial charge in [-0.05, 0) is 31.5 Å². The second-order valence-corrected chi connectivity index (χ2v) is 5.60. The first-order chi connectivity index (χ1) is 8.56. The predicted molar refractivity (Wildman–Crippen MR) is 73.5 cm³/mol. The third-order valence-electron chi connectivity index (χ3n) is 2.70. The van der Waals surface area contributed by atoms with E-state index in [1.807, 2.05) is 25.3 Å². The molecule has 1 aromatic heterocycles. The first-order valence-electron chi connectivity index (χ1n) is 5.65. The molecule has 1 aromatic carbocycles. The average molecular weight is 285 g/mol. The molecule has 2 aromatic rings. The molecule has 0 bridgehead atoms. The average Bonchev–Trinajstić information content (AvgIpc) is 2.75. The molecule has 5 heteroatoms. The number of hydrogen-bond acceptors (Lipinski definition) is 3. The van der Waals surface area contributed by atoms with Crippen molar-refractivity contribution in [3.05, 3.63) is 50.7 Å². The molecule has 1 atom stereocenters. The van der Waals surface area contributed by atoms with Crippen LogP contribution in [0, 0.1) is 12.7 Å². The molecule has 0 radical (unpaired) electrons. The summed E-state index contributed by atoms with van der Waals surface area (Å²) in [7, 11) is 0. The van der Waals surface area contributed by atoms with Crippen LogP contribution in [-0.2, 0) is 6.54 Å². The van der Waals surface area contributed by atoms with Crippen LogP contribution in [0.15, 0.2) is 23.6 Å². The fourth-order valence-corrected chi connectivity index (χ4v) is 2.38. The number of hydrogen-bond donors (Lipinski definition) is 1. The van der Waals surface area contributed by atoms with Gasteiger partial charge in [0, 0.05) is 18.0 Å². The lowest BCUT2D eigenvalue weighted by Gasteiger charge is -2.13. The van der Waals surface area contributed by atoms with Gasteiger partial charge in [-0.25, -0.2) is 9.37 Å². The third kappa shape index (κ3) is 3.28. The number of rotatable bonds is 4. The van der Waals surface area contributed by atoms with Gasteiger partial charge in [0.2, 0.25) is 0 Å². The van der Waals surface area contributed by atoms with Crippen LogP contribution in [0.1, 0.15) is 29.2 Å². The molecule has 0 fully saturated rings. The fourth-order valence-electron chi connectivity index (χ4n) is 1.65. The molecule has 0 amide bonds. The van der Waals surface area contributed by atoms with Crippen molar-refractivity contribution < 1.29 is 4.39 Å². The van der Waals surface area contributed by atoms with Crippen molar-refractivity contribution in [2.75, 3.05) is 0 Å². The van der Waals surface area contributed by atoms with Crippen LogP contribution < -0.4 is 5.32 Å². The van der Waals surface area contributed by atoms with Crippen molar-refractivity contribution in [1.82, 2.24) is 10.3 Å². The van der Waals surface area contributed by atoms with E-state index in [1.54, 1.807) is 17.4 Å². The van der Waals surface area contributed by atoms with E-state index in [9.17, 15) is 4.39 Å². The number of benzene rings is 1. The molecule has 1 N–H and O–H groups in total. The second-order valence-electron chi connectivity index (χ2n) is 4.13. The van der Waals surface area contributed by atoms with E-state index in [0.717, 1.165) is 16.3 Å². The minimum absolute atomic E-state index is 0.0544. The summed E-state index contributed by atoms with van der Waals surface area (Å²) in [6.45, 7) is 4.64. The highest BCUT2D eigenvalue weighted by molar-refractivity contribution is 7.09. The number of halogens is 2. The van der Waals surface area contributed by atoms with E-state index in [0.29, 0.717) is 6.54 Å². The summed E-state index contributed by atoms with van der Waals surface area (Å²) >= 11 is 7.28. The standard InChI is InChI=1S/C13H14ClFN2S/c1-8(10-3-4-12(14)13(15)5-10)16-6-11-7-18-9(2)17-11/h3-5,7-8,16H,6H2,1-2H3. The number of aromatic nitrogens is 1. The zero-order chi connectivity index (χ0) is 13.1. The molecule has 1 unspecified atom stereocenters. The summed E-state index contributed by atoms with van der Waals surface area (Å²) in [6, 6.07) is 4.93. The van der Waals surface area contributed by atoms with Gasteiger partial charge >= 0.3 is 0 Å². The molecule has 1 heterocycles. The van der Waals surface area contributed by atoms with Crippen LogP contribution in [0.25, 0.3) is 0 Å². The summed E-state index contributed by atoms with van der Waals surface area (Å²) in [5.74, 6) is -0.382. The molecule has 0 saturated heterocycles. The maximum absolute atomic E-state index is 13.3. The van der Waals surface area contributed by atoms with E-state index in [2.05, 4.69) is 10.3 Å². The Labute approximate surface area is 115 Å². The molecule has 0 saturated carbocycles.